The number of nitrogens with zero attached hydrogens (tertiary/aromatic N) is 8. The minimum absolute atomic E-state index is 0.399. The molecule has 0 saturated carbocycles. The van der Waals surface area contributed by atoms with Gasteiger partial charge in [0.15, 0.2) is 11.5 Å². The standard InChI is InChI=1S/C20H26N8/c1-15-12-21-13-17(22-15)14-26-10-6-16(7-11-26)20-24-23-18-4-5-19(25-28(18)20)27-8-2-3-9-27/h4-5,12-13,16H,2-3,6-11,14H2,1H3. The Labute approximate surface area is 164 Å². The van der Waals surface area contributed by atoms with Crippen LogP contribution in [0.5, 0.6) is 0 Å². The maximum Gasteiger partial charge on any atom is 0.178 e. The molecule has 2 aliphatic rings. The third-order valence-corrected chi connectivity index (χ3v) is 5.85. The Kier molecular flexibility index (Phi) is 4.64. The fraction of sp³-hybridized carbons (Fsp3) is 0.550. The highest BCUT2D eigenvalue weighted by molar-refractivity contribution is 5.46. The second kappa shape index (κ2) is 7.43. The van der Waals surface area contributed by atoms with E-state index in [1.165, 1.54) is 12.8 Å². The van der Waals surface area contributed by atoms with Crippen LogP contribution >= 0.6 is 0 Å². The van der Waals surface area contributed by atoms with Gasteiger partial charge in [-0.05, 0) is 57.8 Å². The topological polar surface area (TPSA) is 75.3 Å². The molecule has 3 aromatic rings. The molecule has 0 amide bonds. The van der Waals surface area contributed by atoms with Crippen LogP contribution in [0.25, 0.3) is 5.65 Å². The van der Waals surface area contributed by atoms with Crippen molar-refractivity contribution in [3.63, 3.8) is 0 Å². The van der Waals surface area contributed by atoms with Crippen LogP contribution in [0.3, 0.4) is 0 Å². The van der Waals surface area contributed by atoms with Crippen molar-refractivity contribution in [1.29, 1.82) is 0 Å². The lowest BCUT2D eigenvalue weighted by Gasteiger charge is -2.30. The maximum atomic E-state index is 4.87. The smallest absolute Gasteiger partial charge is 0.178 e. The van der Waals surface area contributed by atoms with Crippen LogP contribution in [0.1, 0.15) is 48.8 Å². The molecule has 0 aliphatic carbocycles. The molecule has 0 N–H and O–H groups in total. The fourth-order valence-electron chi connectivity index (χ4n) is 4.34. The molecule has 0 spiro atoms. The monoisotopic (exact) mass is 378 g/mol. The van der Waals surface area contributed by atoms with E-state index in [0.29, 0.717) is 5.92 Å². The number of likely N-dealkylation sites (tertiary alicyclic amines) is 1. The van der Waals surface area contributed by atoms with Crippen molar-refractivity contribution in [3.05, 3.63) is 41.7 Å². The van der Waals surface area contributed by atoms with Crippen LogP contribution in [0, 0.1) is 6.92 Å². The van der Waals surface area contributed by atoms with E-state index in [1.54, 1.807) is 6.20 Å². The summed E-state index contributed by atoms with van der Waals surface area (Å²) in [6.45, 7) is 7.09. The predicted molar refractivity (Wildman–Crippen MR) is 106 cm³/mol. The maximum absolute atomic E-state index is 4.87. The minimum atomic E-state index is 0.399. The van der Waals surface area contributed by atoms with Crippen LogP contribution in [0.15, 0.2) is 24.5 Å². The Morgan fingerprint density at radius 2 is 1.82 bits per heavy atom. The van der Waals surface area contributed by atoms with E-state index in [2.05, 4.69) is 36.0 Å². The summed E-state index contributed by atoms with van der Waals surface area (Å²) >= 11 is 0. The predicted octanol–water partition coefficient (Wildman–Crippen LogP) is 2.20. The van der Waals surface area contributed by atoms with Gasteiger partial charge in [0, 0.05) is 37.9 Å². The van der Waals surface area contributed by atoms with Crippen molar-refractivity contribution in [2.24, 2.45) is 0 Å². The van der Waals surface area contributed by atoms with Gasteiger partial charge in [-0.3, -0.25) is 14.9 Å². The lowest BCUT2D eigenvalue weighted by atomic mass is 9.96. The van der Waals surface area contributed by atoms with Crippen LogP contribution < -0.4 is 4.90 Å². The van der Waals surface area contributed by atoms with Gasteiger partial charge in [-0.1, -0.05) is 0 Å². The van der Waals surface area contributed by atoms with Crippen molar-refractivity contribution in [2.75, 3.05) is 31.1 Å². The van der Waals surface area contributed by atoms with Crippen molar-refractivity contribution in [1.82, 2.24) is 34.7 Å². The molecule has 2 saturated heterocycles. The highest BCUT2D eigenvalue weighted by atomic mass is 15.4. The van der Waals surface area contributed by atoms with Gasteiger partial charge in [0.05, 0.1) is 11.4 Å². The third kappa shape index (κ3) is 3.44. The van der Waals surface area contributed by atoms with Gasteiger partial charge in [0.2, 0.25) is 0 Å². The average Bonchev–Trinajstić information content (AvgIpc) is 3.38. The average molecular weight is 378 g/mol. The van der Waals surface area contributed by atoms with Gasteiger partial charge in [0.25, 0.3) is 0 Å². The van der Waals surface area contributed by atoms with E-state index in [1.807, 2.05) is 23.7 Å². The first-order valence-corrected chi connectivity index (χ1v) is 10.2. The first-order valence-electron chi connectivity index (χ1n) is 10.2. The molecule has 5 heterocycles. The second-order valence-electron chi connectivity index (χ2n) is 7.92. The first kappa shape index (κ1) is 17.5. The van der Waals surface area contributed by atoms with Crippen molar-refractivity contribution < 1.29 is 0 Å². The molecule has 0 atom stereocenters. The molecule has 8 nitrogen and oxygen atoms in total. The van der Waals surface area contributed by atoms with E-state index in [-0.39, 0.29) is 0 Å². The third-order valence-electron chi connectivity index (χ3n) is 5.85. The number of piperidine rings is 1. The molecule has 2 fully saturated rings. The molecule has 2 aliphatic heterocycles. The van der Waals surface area contributed by atoms with Crippen LogP contribution in [0.4, 0.5) is 5.82 Å². The summed E-state index contributed by atoms with van der Waals surface area (Å²) in [4.78, 5) is 13.6. The minimum Gasteiger partial charge on any atom is -0.355 e. The molecule has 3 aromatic heterocycles. The van der Waals surface area contributed by atoms with E-state index >= 15 is 0 Å². The summed E-state index contributed by atoms with van der Waals surface area (Å²) in [5, 5.41) is 13.7. The number of aromatic nitrogens is 6. The molecule has 146 valence electrons. The molecule has 0 radical (unpaired) electrons. The zero-order valence-electron chi connectivity index (χ0n) is 16.3. The van der Waals surface area contributed by atoms with E-state index in [9.17, 15) is 0 Å². The van der Waals surface area contributed by atoms with E-state index < -0.39 is 0 Å². The van der Waals surface area contributed by atoms with Gasteiger partial charge >= 0.3 is 0 Å². The van der Waals surface area contributed by atoms with Crippen LogP contribution in [-0.2, 0) is 6.54 Å². The Hall–Kier alpha value is -2.61. The van der Waals surface area contributed by atoms with Gasteiger partial charge in [-0.2, -0.15) is 4.52 Å². The molecular formula is C20H26N8. The number of hydrogen-bond donors (Lipinski definition) is 0. The molecule has 28 heavy (non-hydrogen) atoms. The summed E-state index contributed by atoms with van der Waals surface area (Å²) in [7, 11) is 0. The van der Waals surface area contributed by atoms with Crippen molar-refractivity contribution in [3.8, 4) is 0 Å². The van der Waals surface area contributed by atoms with Crippen LogP contribution in [-0.4, -0.2) is 60.9 Å². The highest BCUT2D eigenvalue weighted by Crippen LogP contribution is 2.28. The first-order chi connectivity index (χ1) is 13.8. The van der Waals surface area contributed by atoms with Gasteiger partial charge < -0.3 is 4.90 Å². The Balaban J connectivity index is 1.29. The number of fused-ring (bicyclic) bond motifs is 1. The fourth-order valence-corrected chi connectivity index (χ4v) is 4.34. The summed E-state index contributed by atoms with van der Waals surface area (Å²) in [6.07, 6.45) is 8.30. The number of aryl methyl sites for hydroxylation is 1. The van der Waals surface area contributed by atoms with E-state index in [0.717, 1.165) is 74.2 Å². The molecule has 0 bridgehead atoms. The normalized spacial score (nSPS) is 19.0. The number of hydrogen-bond acceptors (Lipinski definition) is 7. The Morgan fingerprint density at radius 3 is 2.61 bits per heavy atom. The summed E-state index contributed by atoms with van der Waals surface area (Å²) in [6, 6.07) is 4.12. The van der Waals surface area contributed by atoms with Crippen molar-refractivity contribution in [2.45, 2.75) is 45.1 Å². The Morgan fingerprint density at radius 1 is 1.00 bits per heavy atom. The molecular weight excluding hydrogens is 352 g/mol. The number of rotatable bonds is 4. The lowest BCUT2D eigenvalue weighted by molar-refractivity contribution is 0.198. The van der Waals surface area contributed by atoms with Gasteiger partial charge in [-0.25, -0.2) is 0 Å². The summed E-state index contributed by atoms with van der Waals surface area (Å²) < 4.78 is 1.97. The zero-order valence-corrected chi connectivity index (χ0v) is 16.3. The second-order valence-corrected chi connectivity index (χ2v) is 7.92. The molecule has 0 unspecified atom stereocenters. The SMILES string of the molecule is Cc1cncc(CN2CCC(c3nnc4ccc(N5CCCC5)nn34)CC2)n1. The lowest BCUT2D eigenvalue weighted by Crippen LogP contribution is -2.33. The largest absolute Gasteiger partial charge is 0.355 e. The van der Waals surface area contributed by atoms with Crippen LogP contribution in [0.2, 0.25) is 0 Å². The molecule has 0 aromatic carbocycles. The van der Waals surface area contributed by atoms with Gasteiger partial charge in [-0.15, -0.1) is 15.3 Å². The summed E-state index contributed by atoms with van der Waals surface area (Å²) in [5.41, 5.74) is 2.86. The highest BCUT2D eigenvalue weighted by Gasteiger charge is 2.26. The number of anilines is 1. The Bertz CT molecular complexity index is 954. The molecule has 8 heteroatoms. The van der Waals surface area contributed by atoms with Crippen molar-refractivity contribution >= 4 is 11.5 Å². The molecule has 5 rings (SSSR count). The van der Waals surface area contributed by atoms with Gasteiger partial charge in [0.1, 0.15) is 5.82 Å². The summed E-state index contributed by atoms with van der Waals surface area (Å²) in [5.74, 6) is 2.45. The van der Waals surface area contributed by atoms with E-state index in [4.69, 9.17) is 5.10 Å². The quantitative estimate of drug-likeness (QED) is 0.689. The zero-order chi connectivity index (χ0) is 18.9.